The van der Waals surface area contributed by atoms with Gasteiger partial charge in [-0.3, -0.25) is 10.5 Å². The van der Waals surface area contributed by atoms with Gasteiger partial charge in [-0.25, -0.2) is 5.43 Å². The number of rotatable bonds is 5. The number of aromatic nitrogens is 2. The van der Waals surface area contributed by atoms with E-state index in [2.05, 4.69) is 42.5 Å². The fourth-order valence-corrected chi connectivity index (χ4v) is 3.53. The molecule has 2 rings (SSSR count). The van der Waals surface area contributed by atoms with E-state index in [4.69, 9.17) is 5.84 Å². The predicted octanol–water partition coefficient (Wildman–Crippen LogP) is 1.67. The maximum Gasteiger partial charge on any atom is 0.0812 e. The Kier molecular flexibility index (Phi) is 4.60. The molecule has 1 aliphatic rings. The van der Waals surface area contributed by atoms with Crippen LogP contribution in [0.4, 0.5) is 0 Å². The Morgan fingerprint density at radius 3 is 2.63 bits per heavy atom. The minimum absolute atomic E-state index is 0.0972. The van der Waals surface area contributed by atoms with Gasteiger partial charge in [0.25, 0.3) is 0 Å². The van der Waals surface area contributed by atoms with Crippen molar-refractivity contribution in [2.24, 2.45) is 5.84 Å². The number of nitrogens with two attached hydrogens (primary N) is 1. The molecule has 19 heavy (non-hydrogen) atoms. The number of hydrazine groups is 1. The molecule has 1 heterocycles. The Balaban J connectivity index is 2.37. The molecule has 0 saturated heterocycles. The summed E-state index contributed by atoms with van der Waals surface area (Å²) in [5.74, 6) is 5.92. The molecule has 1 aromatic rings. The summed E-state index contributed by atoms with van der Waals surface area (Å²) >= 11 is 0. The summed E-state index contributed by atoms with van der Waals surface area (Å²) < 4.78 is 2.05. The van der Waals surface area contributed by atoms with Crippen molar-refractivity contribution in [3.63, 3.8) is 0 Å². The minimum Gasteiger partial charge on any atom is -0.302 e. The zero-order valence-corrected chi connectivity index (χ0v) is 12.4. The highest BCUT2D eigenvalue weighted by Gasteiger charge is 2.43. The van der Waals surface area contributed by atoms with Crippen molar-refractivity contribution in [2.45, 2.75) is 57.2 Å². The van der Waals surface area contributed by atoms with Gasteiger partial charge in [-0.2, -0.15) is 5.10 Å². The molecule has 1 aliphatic carbocycles. The van der Waals surface area contributed by atoms with Gasteiger partial charge < -0.3 is 4.90 Å². The van der Waals surface area contributed by atoms with Crippen molar-refractivity contribution in [3.8, 4) is 0 Å². The molecule has 1 saturated carbocycles. The second kappa shape index (κ2) is 6.03. The van der Waals surface area contributed by atoms with Crippen molar-refractivity contribution in [1.29, 1.82) is 0 Å². The second-order valence-electron chi connectivity index (χ2n) is 5.73. The molecule has 0 aliphatic heterocycles. The molecule has 3 N–H and O–H groups in total. The zero-order chi connectivity index (χ0) is 13.9. The Bertz CT molecular complexity index is 392. The molecule has 0 bridgehead atoms. The second-order valence-corrected chi connectivity index (χ2v) is 5.73. The lowest BCUT2D eigenvalue weighted by Gasteiger charge is -2.48. The molecule has 1 aromatic heterocycles. The van der Waals surface area contributed by atoms with E-state index in [0.29, 0.717) is 0 Å². The summed E-state index contributed by atoms with van der Waals surface area (Å²) in [6, 6.07) is 2.22. The number of hydrogen-bond acceptors (Lipinski definition) is 4. The van der Waals surface area contributed by atoms with Crippen LogP contribution in [0.5, 0.6) is 0 Å². The summed E-state index contributed by atoms with van der Waals surface area (Å²) in [6.07, 6.45) is 8.12. The highest BCUT2D eigenvalue weighted by Crippen LogP contribution is 2.41. The van der Waals surface area contributed by atoms with Gasteiger partial charge in [-0.1, -0.05) is 19.3 Å². The molecule has 0 aromatic carbocycles. The first-order valence-electron chi connectivity index (χ1n) is 7.31. The lowest BCUT2D eigenvalue weighted by Crippen LogP contribution is -2.56. The molecule has 1 fully saturated rings. The topological polar surface area (TPSA) is 59.1 Å². The van der Waals surface area contributed by atoms with Crippen LogP contribution in [-0.4, -0.2) is 34.3 Å². The van der Waals surface area contributed by atoms with E-state index in [-0.39, 0.29) is 11.6 Å². The Labute approximate surface area is 116 Å². The Morgan fingerprint density at radius 2 is 2.11 bits per heavy atom. The number of hydrogen-bond donors (Lipinski definition) is 2. The first-order valence-corrected chi connectivity index (χ1v) is 7.31. The summed E-state index contributed by atoms with van der Waals surface area (Å²) in [5.41, 5.74) is 4.36. The number of nitrogens with zero attached hydrogens (tertiary/aromatic N) is 3. The van der Waals surface area contributed by atoms with Gasteiger partial charge in [0.2, 0.25) is 0 Å². The number of nitrogens with one attached hydrogen (secondary N) is 1. The van der Waals surface area contributed by atoms with Crippen LogP contribution in [0.25, 0.3) is 0 Å². The van der Waals surface area contributed by atoms with E-state index in [1.807, 2.05) is 10.9 Å². The van der Waals surface area contributed by atoms with E-state index < -0.39 is 0 Å². The zero-order valence-electron chi connectivity index (χ0n) is 12.4. The largest absolute Gasteiger partial charge is 0.302 e. The molecular formula is C14H27N5. The van der Waals surface area contributed by atoms with E-state index in [1.54, 1.807) is 0 Å². The third-order valence-electron chi connectivity index (χ3n) is 4.66. The minimum atomic E-state index is 0.0972. The molecule has 5 nitrogen and oxygen atoms in total. The van der Waals surface area contributed by atoms with E-state index in [1.165, 1.54) is 37.8 Å². The fraction of sp³-hybridized carbons (Fsp3) is 0.786. The first kappa shape index (κ1) is 14.5. The molecule has 1 unspecified atom stereocenters. The highest BCUT2D eigenvalue weighted by molar-refractivity contribution is 5.16. The van der Waals surface area contributed by atoms with Crippen molar-refractivity contribution in [2.75, 3.05) is 14.1 Å². The van der Waals surface area contributed by atoms with Crippen LogP contribution >= 0.6 is 0 Å². The predicted molar refractivity (Wildman–Crippen MR) is 77.5 cm³/mol. The van der Waals surface area contributed by atoms with E-state index in [9.17, 15) is 0 Å². The highest BCUT2D eigenvalue weighted by atomic mass is 15.3. The molecule has 0 spiro atoms. The fourth-order valence-electron chi connectivity index (χ4n) is 3.53. The monoisotopic (exact) mass is 265 g/mol. The van der Waals surface area contributed by atoms with Gasteiger partial charge in [-0.15, -0.1) is 0 Å². The van der Waals surface area contributed by atoms with Crippen molar-refractivity contribution < 1.29 is 0 Å². The van der Waals surface area contributed by atoms with Crippen molar-refractivity contribution in [1.82, 2.24) is 20.1 Å². The lowest BCUT2D eigenvalue weighted by molar-refractivity contribution is 0.0530. The van der Waals surface area contributed by atoms with E-state index >= 15 is 0 Å². The average Bonchev–Trinajstić information content (AvgIpc) is 2.88. The van der Waals surface area contributed by atoms with Crippen LogP contribution in [-0.2, 0) is 6.54 Å². The molecule has 0 amide bonds. The number of aryl methyl sites for hydroxylation is 1. The van der Waals surface area contributed by atoms with Crippen LogP contribution < -0.4 is 11.3 Å². The van der Waals surface area contributed by atoms with Crippen LogP contribution in [0, 0.1) is 0 Å². The van der Waals surface area contributed by atoms with Gasteiger partial charge in [-0.05, 0) is 39.9 Å². The SMILES string of the molecule is CCn1nccc1C(NN)C1(N(C)C)CCCCC1. The first-order chi connectivity index (χ1) is 9.15. The van der Waals surface area contributed by atoms with E-state index in [0.717, 1.165) is 6.54 Å². The quantitative estimate of drug-likeness (QED) is 0.628. The van der Waals surface area contributed by atoms with Gasteiger partial charge in [0.1, 0.15) is 0 Å². The summed E-state index contributed by atoms with van der Waals surface area (Å²) in [7, 11) is 4.34. The van der Waals surface area contributed by atoms with Gasteiger partial charge in [0.05, 0.1) is 11.7 Å². The number of likely N-dealkylation sites (N-methyl/N-ethyl adjacent to an activating group) is 1. The maximum atomic E-state index is 5.92. The van der Waals surface area contributed by atoms with Gasteiger partial charge in [0, 0.05) is 18.3 Å². The smallest absolute Gasteiger partial charge is 0.0812 e. The normalized spacial score (nSPS) is 20.7. The summed E-state index contributed by atoms with van der Waals surface area (Å²) in [4.78, 5) is 2.35. The van der Waals surface area contributed by atoms with Crippen LogP contribution in [0.1, 0.15) is 50.8 Å². The van der Waals surface area contributed by atoms with Crippen LogP contribution in [0.15, 0.2) is 12.3 Å². The molecule has 0 radical (unpaired) electrons. The summed E-state index contributed by atoms with van der Waals surface area (Å²) in [6.45, 7) is 3.00. The third-order valence-corrected chi connectivity index (χ3v) is 4.66. The van der Waals surface area contributed by atoms with Crippen LogP contribution in [0.2, 0.25) is 0 Å². The third kappa shape index (κ3) is 2.55. The molecule has 1 atom stereocenters. The Morgan fingerprint density at radius 1 is 1.42 bits per heavy atom. The van der Waals surface area contributed by atoms with Crippen LogP contribution in [0.3, 0.4) is 0 Å². The maximum absolute atomic E-state index is 5.92. The molecular weight excluding hydrogens is 238 g/mol. The van der Waals surface area contributed by atoms with Gasteiger partial charge >= 0.3 is 0 Å². The molecule has 5 heteroatoms. The van der Waals surface area contributed by atoms with Crippen molar-refractivity contribution >= 4 is 0 Å². The lowest BCUT2D eigenvalue weighted by atomic mass is 9.74. The van der Waals surface area contributed by atoms with Gasteiger partial charge in [0.15, 0.2) is 0 Å². The molecule has 108 valence electrons. The average molecular weight is 265 g/mol. The van der Waals surface area contributed by atoms with Crippen molar-refractivity contribution in [3.05, 3.63) is 18.0 Å². The Hall–Kier alpha value is -0.910. The standard InChI is InChI=1S/C14H27N5/c1-4-19-12(8-11-16-19)13(17-15)14(18(2)3)9-6-5-7-10-14/h8,11,13,17H,4-7,9-10,15H2,1-3H3. The summed E-state index contributed by atoms with van der Waals surface area (Å²) in [5, 5.41) is 4.39.